The summed E-state index contributed by atoms with van der Waals surface area (Å²) in [4.78, 5) is 0. The van der Waals surface area contributed by atoms with Gasteiger partial charge in [0.05, 0.1) is 0 Å². The molecular weight excluding hydrogens is 154 g/mol. The molecule has 0 amide bonds. The zero-order valence-corrected chi connectivity index (χ0v) is 6.83. The van der Waals surface area contributed by atoms with Gasteiger partial charge >= 0.3 is 0 Å². The van der Waals surface area contributed by atoms with Crippen molar-refractivity contribution in [1.82, 2.24) is 0 Å². The first-order valence-electron chi connectivity index (χ1n) is 3.93. The van der Waals surface area contributed by atoms with Crippen LogP contribution in [-0.2, 0) is 6.42 Å². The highest BCUT2D eigenvalue weighted by molar-refractivity contribution is 5.53. The van der Waals surface area contributed by atoms with Crippen LogP contribution < -0.4 is 5.73 Å². The Labute approximate surface area is 71.5 Å². The van der Waals surface area contributed by atoms with Crippen LogP contribution in [0.5, 0.6) is 5.75 Å². The molecule has 0 aliphatic rings. The van der Waals surface area contributed by atoms with E-state index in [1.165, 1.54) is 0 Å². The van der Waals surface area contributed by atoms with E-state index < -0.39 is 0 Å². The lowest BCUT2D eigenvalue weighted by molar-refractivity contribution is 0.288. The Morgan fingerprint density at radius 3 is 2.67 bits per heavy atom. The molecule has 0 aliphatic heterocycles. The van der Waals surface area contributed by atoms with E-state index in [2.05, 4.69) is 0 Å². The van der Waals surface area contributed by atoms with Crippen molar-refractivity contribution in [3.63, 3.8) is 0 Å². The fourth-order valence-corrected chi connectivity index (χ4v) is 1.12. The number of rotatable bonds is 3. The first-order chi connectivity index (χ1) is 5.75. The van der Waals surface area contributed by atoms with Gasteiger partial charge in [-0.25, -0.2) is 0 Å². The number of aromatic hydroxyl groups is 1. The number of aliphatic hydroxyl groups is 1. The van der Waals surface area contributed by atoms with E-state index in [9.17, 15) is 5.11 Å². The summed E-state index contributed by atoms with van der Waals surface area (Å²) in [6, 6.07) is 5.04. The van der Waals surface area contributed by atoms with E-state index in [4.69, 9.17) is 10.8 Å². The molecule has 12 heavy (non-hydrogen) atoms. The molecule has 0 saturated carbocycles. The normalized spacial score (nSPS) is 10.1. The van der Waals surface area contributed by atoms with Crippen LogP contribution in [0.1, 0.15) is 12.0 Å². The SMILES string of the molecule is Nc1cccc(O)c1CCCO. The number of hydrogen-bond donors (Lipinski definition) is 3. The Bertz CT molecular complexity index is 240. The van der Waals surface area contributed by atoms with Crippen LogP contribution in [0.25, 0.3) is 0 Å². The van der Waals surface area contributed by atoms with Crippen molar-refractivity contribution in [1.29, 1.82) is 0 Å². The smallest absolute Gasteiger partial charge is 0.120 e. The van der Waals surface area contributed by atoms with Crippen molar-refractivity contribution in [3.8, 4) is 5.75 Å². The molecule has 0 atom stereocenters. The molecule has 0 heterocycles. The van der Waals surface area contributed by atoms with Gasteiger partial charge in [-0.3, -0.25) is 0 Å². The molecule has 0 aromatic heterocycles. The van der Waals surface area contributed by atoms with Crippen LogP contribution in [0.2, 0.25) is 0 Å². The van der Waals surface area contributed by atoms with E-state index in [0.29, 0.717) is 18.5 Å². The maximum Gasteiger partial charge on any atom is 0.120 e. The van der Waals surface area contributed by atoms with Gasteiger partial charge in [-0.1, -0.05) is 6.07 Å². The molecule has 66 valence electrons. The highest BCUT2D eigenvalue weighted by Crippen LogP contribution is 2.23. The molecular formula is C9H13NO2. The number of phenolic OH excluding ortho intramolecular Hbond substituents is 1. The Morgan fingerprint density at radius 2 is 2.08 bits per heavy atom. The van der Waals surface area contributed by atoms with Gasteiger partial charge in [0.25, 0.3) is 0 Å². The first-order valence-corrected chi connectivity index (χ1v) is 3.93. The second-order valence-electron chi connectivity index (χ2n) is 2.67. The maximum atomic E-state index is 9.36. The molecule has 0 fully saturated rings. The van der Waals surface area contributed by atoms with Crippen molar-refractivity contribution in [3.05, 3.63) is 23.8 Å². The number of nitrogens with two attached hydrogens (primary N) is 1. The van der Waals surface area contributed by atoms with Crippen LogP contribution in [0.3, 0.4) is 0 Å². The molecule has 0 spiro atoms. The zero-order chi connectivity index (χ0) is 8.97. The molecule has 3 nitrogen and oxygen atoms in total. The number of aliphatic hydroxyl groups excluding tert-OH is 1. The van der Waals surface area contributed by atoms with Crippen molar-refractivity contribution < 1.29 is 10.2 Å². The van der Waals surface area contributed by atoms with Gasteiger partial charge in [-0.15, -0.1) is 0 Å². The predicted molar refractivity (Wildman–Crippen MR) is 47.9 cm³/mol. The fourth-order valence-electron chi connectivity index (χ4n) is 1.12. The summed E-state index contributed by atoms with van der Waals surface area (Å²) < 4.78 is 0. The van der Waals surface area contributed by atoms with Crippen molar-refractivity contribution in [2.24, 2.45) is 0 Å². The van der Waals surface area contributed by atoms with E-state index in [1.54, 1.807) is 18.2 Å². The van der Waals surface area contributed by atoms with E-state index in [-0.39, 0.29) is 12.4 Å². The van der Waals surface area contributed by atoms with Crippen LogP contribution in [0.4, 0.5) is 5.69 Å². The minimum atomic E-state index is 0.119. The third-order valence-corrected chi connectivity index (χ3v) is 1.77. The Balaban J connectivity index is 2.81. The molecule has 3 heteroatoms. The Kier molecular flexibility index (Phi) is 2.94. The second kappa shape index (κ2) is 3.97. The summed E-state index contributed by atoms with van der Waals surface area (Å²) in [7, 11) is 0. The van der Waals surface area contributed by atoms with E-state index >= 15 is 0 Å². The highest BCUT2D eigenvalue weighted by Gasteiger charge is 2.03. The molecule has 1 aromatic carbocycles. The van der Waals surface area contributed by atoms with Gasteiger partial charge in [-0.2, -0.15) is 0 Å². The van der Waals surface area contributed by atoms with Gasteiger partial charge in [-0.05, 0) is 25.0 Å². The third kappa shape index (κ3) is 1.89. The van der Waals surface area contributed by atoms with E-state index in [0.717, 1.165) is 5.56 Å². The van der Waals surface area contributed by atoms with Crippen molar-refractivity contribution in [2.45, 2.75) is 12.8 Å². The first kappa shape index (κ1) is 8.87. The third-order valence-electron chi connectivity index (χ3n) is 1.77. The summed E-state index contributed by atoms with van der Waals surface area (Å²) in [5.41, 5.74) is 6.94. The lowest BCUT2D eigenvalue weighted by Crippen LogP contribution is -1.96. The van der Waals surface area contributed by atoms with Crippen LogP contribution >= 0.6 is 0 Å². The van der Waals surface area contributed by atoms with Crippen molar-refractivity contribution >= 4 is 5.69 Å². The zero-order valence-electron chi connectivity index (χ0n) is 6.83. The van der Waals surface area contributed by atoms with Crippen LogP contribution in [0.15, 0.2) is 18.2 Å². The largest absolute Gasteiger partial charge is 0.508 e. The lowest BCUT2D eigenvalue weighted by atomic mass is 10.1. The van der Waals surface area contributed by atoms with E-state index in [1.807, 2.05) is 0 Å². The maximum absolute atomic E-state index is 9.36. The molecule has 4 N–H and O–H groups in total. The Morgan fingerprint density at radius 1 is 1.33 bits per heavy atom. The number of benzene rings is 1. The molecule has 0 aliphatic carbocycles. The quantitative estimate of drug-likeness (QED) is 0.586. The molecule has 0 saturated heterocycles. The summed E-state index contributed by atoms with van der Waals surface area (Å²) >= 11 is 0. The topological polar surface area (TPSA) is 66.5 Å². The monoisotopic (exact) mass is 167 g/mol. The average Bonchev–Trinajstić information content (AvgIpc) is 2.04. The summed E-state index contributed by atoms with van der Waals surface area (Å²) in [5, 5.41) is 17.9. The second-order valence-corrected chi connectivity index (χ2v) is 2.67. The number of anilines is 1. The highest BCUT2D eigenvalue weighted by atomic mass is 16.3. The van der Waals surface area contributed by atoms with Gasteiger partial charge in [0, 0.05) is 17.9 Å². The fraction of sp³-hybridized carbons (Fsp3) is 0.333. The predicted octanol–water partition coefficient (Wildman–Crippen LogP) is 0.899. The van der Waals surface area contributed by atoms with Crippen molar-refractivity contribution in [2.75, 3.05) is 12.3 Å². The van der Waals surface area contributed by atoms with Gasteiger partial charge in [0.15, 0.2) is 0 Å². The average molecular weight is 167 g/mol. The summed E-state index contributed by atoms with van der Waals surface area (Å²) in [6.07, 6.45) is 1.25. The van der Waals surface area contributed by atoms with Crippen LogP contribution in [-0.4, -0.2) is 16.8 Å². The molecule has 1 aromatic rings. The van der Waals surface area contributed by atoms with Gasteiger partial charge in [0.2, 0.25) is 0 Å². The molecule has 0 radical (unpaired) electrons. The number of hydrogen-bond acceptors (Lipinski definition) is 3. The van der Waals surface area contributed by atoms with Crippen LogP contribution in [0, 0.1) is 0 Å². The molecule has 0 bridgehead atoms. The Hall–Kier alpha value is -1.22. The summed E-state index contributed by atoms with van der Waals surface area (Å²) in [5.74, 6) is 0.212. The van der Waals surface area contributed by atoms with Gasteiger partial charge in [0.1, 0.15) is 5.75 Å². The minimum absolute atomic E-state index is 0.119. The number of phenols is 1. The standard InChI is InChI=1S/C9H13NO2/c10-8-4-1-5-9(12)7(8)3-2-6-11/h1,4-5,11-12H,2-3,6,10H2. The molecule has 0 unspecified atom stereocenters. The lowest BCUT2D eigenvalue weighted by Gasteiger charge is -2.06. The summed E-state index contributed by atoms with van der Waals surface area (Å²) in [6.45, 7) is 0.119. The van der Waals surface area contributed by atoms with Gasteiger partial charge < -0.3 is 15.9 Å². The number of nitrogen functional groups attached to an aromatic ring is 1. The minimum Gasteiger partial charge on any atom is -0.508 e. The molecule has 1 rings (SSSR count).